The van der Waals surface area contributed by atoms with Crippen LogP contribution in [-0.4, -0.2) is 96.9 Å². The SMILES string of the molecule is CCCCCCCCCCN1CCCC(C(=O)N(CCCC)CCCCCCN(CCCC)C(=O)C2CCCN(CCCCCCCCCC)C2)C1. The van der Waals surface area contributed by atoms with E-state index in [0.717, 1.165) is 103 Å². The fourth-order valence-corrected chi connectivity index (χ4v) is 8.70. The van der Waals surface area contributed by atoms with Gasteiger partial charge in [0, 0.05) is 39.3 Å². The molecular weight excluding hydrogens is 641 g/mol. The summed E-state index contributed by atoms with van der Waals surface area (Å²) in [6.45, 7) is 19.3. The summed E-state index contributed by atoms with van der Waals surface area (Å²) in [4.78, 5) is 37.2. The molecule has 6 heteroatoms. The molecule has 2 amide bonds. The maximum Gasteiger partial charge on any atom is 0.226 e. The van der Waals surface area contributed by atoms with Crippen LogP contribution in [0.5, 0.6) is 0 Å². The minimum atomic E-state index is 0.189. The highest BCUT2D eigenvalue weighted by Crippen LogP contribution is 2.23. The van der Waals surface area contributed by atoms with Gasteiger partial charge in [0.05, 0.1) is 11.8 Å². The number of piperidine rings is 2. The number of unbranched alkanes of at least 4 members (excludes halogenated alkanes) is 19. The summed E-state index contributed by atoms with van der Waals surface area (Å²) in [6.07, 6.45) is 35.2. The first-order valence-corrected chi connectivity index (χ1v) is 23.6. The van der Waals surface area contributed by atoms with E-state index in [4.69, 9.17) is 0 Å². The third kappa shape index (κ3) is 21.7. The molecule has 0 aromatic heterocycles. The van der Waals surface area contributed by atoms with Gasteiger partial charge in [-0.05, 0) is 90.4 Å². The summed E-state index contributed by atoms with van der Waals surface area (Å²) in [5.74, 6) is 1.23. The average Bonchev–Trinajstić information content (AvgIpc) is 3.17. The van der Waals surface area contributed by atoms with Crippen LogP contribution < -0.4 is 0 Å². The topological polar surface area (TPSA) is 47.1 Å². The number of hydrogen-bond donors (Lipinski definition) is 0. The molecule has 0 radical (unpaired) electrons. The summed E-state index contributed by atoms with van der Waals surface area (Å²) >= 11 is 0. The van der Waals surface area contributed by atoms with Gasteiger partial charge in [-0.15, -0.1) is 0 Å². The van der Waals surface area contributed by atoms with Crippen molar-refractivity contribution in [2.24, 2.45) is 11.8 Å². The number of nitrogens with zero attached hydrogens (tertiary/aromatic N) is 4. The smallest absolute Gasteiger partial charge is 0.226 e. The van der Waals surface area contributed by atoms with E-state index in [0.29, 0.717) is 11.8 Å². The molecule has 306 valence electrons. The predicted molar refractivity (Wildman–Crippen MR) is 225 cm³/mol. The van der Waals surface area contributed by atoms with Crippen molar-refractivity contribution in [1.29, 1.82) is 0 Å². The summed E-state index contributed by atoms with van der Waals surface area (Å²) in [5.41, 5.74) is 0. The van der Waals surface area contributed by atoms with E-state index in [2.05, 4.69) is 47.3 Å². The lowest BCUT2D eigenvalue weighted by Gasteiger charge is -2.35. The van der Waals surface area contributed by atoms with Crippen LogP contribution in [0.3, 0.4) is 0 Å². The maximum atomic E-state index is 13.8. The minimum absolute atomic E-state index is 0.189. The molecule has 0 N–H and O–H groups in total. The first-order chi connectivity index (χ1) is 25.5. The van der Waals surface area contributed by atoms with Crippen molar-refractivity contribution in [3.05, 3.63) is 0 Å². The molecule has 0 aliphatic carbocycles. The first-order valence-electron chi connectivity index (χ1n) is 23.6. The number of carbonyl (C=O) groups excluding carboxylic acids is 2. The van der Waals surface area contributed by atoms with Gasteiger partial charge in [-0.2, -0.15) is 0 Å². The quantitative estimate of drug-likeness (QED) is 0.0631. The van der Waals surface area contributed by atoms with Gasteiger partial charge in [0.25, 0.3) is 0 Å². The van der Waals surface area contributed by atoms with Crippen LogP contribution >= 0.6 is 0 Å². The van der Waals surface area contributed by atoms with Gasteiger partial charge in [-0.1, -0.05) is 143 Å². The predicted octanol–water partition coefficient (Wildman–Crippen LogP) is 11.5. The van der Waals surface area contributed by atoms with Gasteiger partial charge in [0.15, 0.2) is 0 Å². The maximum absolute atomic E-state index is 13.8. The highest BCUT2D eigenvalue weighted by atomic mass is 16.2. The Labute approximate surface area is 325 Å². The zero-order valence-electron chi connectivity index (χ0n) is 35.6. The van der Waals surface area contributed by atoms with Crippen molar-refractivity contribution in [3.63, 3.8) is 0 Å². The monoisotopic (exact) mass is 731 g/mol. The molecular formula is C46H90N4O2. The Bertz CT molecular complexity index is 784. The molecule has 0 aromatic rings. The van der Waals surface area contributed by atoms with Gasteiger partial charge in [-0.3, -0.25) is 9.59 Å². The van der Waals surface area contributed by atoms with Gasteiger partial charge < -0.3 is 19.6 Å². The van der Waals surface area contributed by atoms with Gasteiger partial charge in [-0.25, -0.2) is 0 Å². The third-order valence-corrected chi connectivity index (χ3v) is 12.2. The lowest BCUT2D eigenvalue weighted by molar-refractivity contribution is -0.138. The zero-order chi connectivity index (χ0) is 37.5. The highest BCUT2D eigenvalue weighted by molar-refractivity contribution is 5.79. The molecule has 2 saturated heterocycles. The fraction of sp³-hybridized carbons (Fsp3) is 0.957. The van der Waals surface area contributed by atoms with E-state index in [1.807, 2.05) is 0 Å². The van der Waals surface area contributed by atoms with E-state index in [9.17, 15) is 9.59 Å². The van der Waals surface area contributed by atoms with Crippen molar-refractivity contribution >= 4 is 11.8 Å². The zero-order valence-corrected chi connectivity index (χ0v) is 35.6. The van der Waals surface area contributed by atoms with Gasteiger partial charge in [0.2, 0.25) is 11.8 Å². The Morgan fingerprint density at radius 1 is 0.423 bits per heavy atom. The summed E-state index contributed by atoms with van der Waals surface area (Å²) in [5, 5.41) is 0. The molecule has 0 bridgehead atoms. The molecule has 2 unspecified atom stereocenters. The third-order valence-electron chi connectivity index (χ3n) is 12.2. The first kappa shape index (κ1) is 47.0. The van der Waals surface area contributed by atoms with Gasteiger partial charge in [0.1, 0.15) is 0 Å². The Hall–Kier alpha value is -1.14. The lowest BCUT2D eigenvalue weighted by Crippen LogP contribution is -2.45. The Balaban J connectivity index is 1.70. The van der Waals surface area contributed by atoms with Crippen LogP contribution in [-0.2, 0) is 9.59 Å². The molecule has 0 saturated carbocycles. The average molecular weight is 731 g/mol. The fourth-order valence-electron chi connectivity index (χ4n) is 8.70. The van der Waals surface area contributed by atoms with Crippen molar-refractivity contribution in [2.45, 2.75) is 207 Å². The lowest BCUT2D eigenvalue weighted by atomic mass is 9.95. The van der Waals surface area contributed by atoms with Crippen LogP contribution in [0.25, 0.3) is 0 Å². The largest absolute Gasteiger partial charge is 0.342 e. The number of rotatable bonds is 33. The van der Waals surface area contributed by atoms with Crippen LogP contribution in [0.2, 0.25) is 0 Å². The molecule has 0 aromatic carbocycles. The van der Waals surface area contributed by atoms with E-state index in [1.54, 1.807) is 0 Å². The number of hydrogen-bond acceptors (Lipinski definition) is 4. The standard InChI is InChI=1S/C46H90N4O2/c1-5-9-13-15-17-19-21-25-33-47-35-29-31-43(41-47)45(51)49(37-11-7-3)39-27-23-24-28-40-50(38-12-8-4)46(52)44-32-30-36-48(42-44)34-26-22-20-18-16-14-10-6-2/h43-44H,5-42H2,1-4H3. The van der Waals surface area contributed by atoms with Crippen LogP contribution in [0.15, 0.2) is 0 Å². The van der Waals surface area contributed by atoms with Crippen LogP contribution in [0.1, 0.15) is 207 Å². The molecule has 2 fully saturated rings. The second-order valence-corrected chi connectivity index (χ2v) is 17.0. The molecule has 6 nitrogen and oxygen atoms in total. The van der Waals surface area contributed by atoms with E-state index < -0.39 is 0 Å². The summed E-state index contributed by atoms with van der Waals surface area (Å²) in [6, 6.07) is 0. The second kappa shape index (κ2) is 32.1. The van der Waals surface area contributed by atoms with Crippen molar-refractivity contribution < 1.29 is 9.59 Å². The van der Waals surface area contributed by atoms with E-state index >= 15 is 0 Å². The summed E-state index contributed by atoms with van der Waals surface area (Å²) in [7, 11) is 0. The number of carbonyl (C=O) groups is 2. The molecule has 2 aliphatic heterocycles. The van der Waals surface area contributed by atoms with E-state index in [-0.39, 0.29) is 11.8 Å². The van der Waals surface area contributed by atoms with Crippen LogP contribution in [0.4, 0.5) is 0 Å². The molecule has 2 heterocycles. The van der Waals surface area contributed by atoms with E-state index in [1.165, 1.54) is 142 Å². The Morgan fingerprint density at radius 3 is 1.10 bits per heavy atom. The number of amides is 2. The molecule has 2 rings (SSSR count). The van der Waals surface area contributed by atoms with Gasteiger partial charge >= 0.3 is 0 Å². The highest BCUT2D eigenvalue weighted by Gasteiger charge is 2.30. The van der Waals surface area contributed by atoms with Crippen molar-refractivity contribution in [3.8, 4) is 0 Å². The van der Waals surface area contributed by atoms with Crippen LogP contribution in [0, 0.1) is 11.8 Å². The molecule has 2 aliphatic rings. The molecule has 52 heavy (non-hydrogen) atoms. The Morgan fingerprint density at radius 2 is 0.731 bits per heavy atom. The molecule has 0 spiro atoms. The second-order valence-electron chi connectivity index (χ2n) is 17.0. The normalized spacial score (nSPS) is 18.5. The molecule has 2 atom stereocenters. The Kier molecular flexibility index (Phi) is 29.1. The minimum Gasteiger partial charge on any atom is -0.342 e. The number of likely N-dealkylation sites (tertiary alicyclic amines) is 2. The van der Waals surface area contributed by atoms with Crippen molar-refractivity contribution in [1.82, 2.24) is 19.6 Å². The summed E-state index contributed by atoms with van der Waals surface area (Å²) < 4.78 is 0. The van der Waals surface area contributed by atoms with Crippen molar-refractivity contribution in [2.75, 3.05) is 65.4 Å².